The third-order valence-corrected chi connectivity index (χ3v) is 6.26. The fraction of sp³-hybridized carbons (Fsp3) is 0.286. The Hall–Kier alpha value is -3.02. The number of Topliss-reactive ketones (excluding diaryl/α,β-unsaturated/α-hetero) is 1. The van der Waals surface area contributed by atoms with Crippen LogP contribution in [0.5, 0.6) is 0 Å². The number of nitriles is 1. The van der Waals surface area contributed by atoms with Gasteiger partial charge in [-0.3, -0.25) is 9.59 Å². The van der Waals surface area contributed by atoms with Crippen LogP contribution >= 0.6 is 0 Å². The minimum atomic E-state index is -3.94. The molecule has 0 heterocycles. The first-order valence-corrected chi connectivity index (χ1v) is 10.3. The summed E-state index contributed by atoms with van der Waals surface area (Å²) in [5.41, 5.74) is 4.71. The van der Waals surface area contributed by atoms with E-state index in [4.69, 9.17) is 10.00 Å². The van der Waals surface area contributed by atoms with Crippen molar-refractivity contribution in [3.63, 3.8) is 0 Å². The van der Waals surface area contributed by atoms with Crippen molar-refractivity contribution in [2.75, 3.05) is 13.2 Å². The Kier molecular flexibility index (Phi) is 6.90. The summed E-state index contributed by atoms with van der Waals surface area (Å²) in [6, 6.07) is 8.90. The minimum absolute atomic E-state index is 0.0818. The third-order valence-electron chi connectivity index (χ3n) is 4.85. The Labute approximate surface area is 170 Å². The van der Waals surface area contributed by atoms with Crippen LogP contribution in [0.1, 0.15) is 38.2 Å². The first kappa shape index (κ1) is 22.3. The number of nitrogens with one attached hydrogen (secondary N) is 1. The van der Waals surface area contributed by atoms with Gasteiger partial charge in [-0.05, 0) is 80.3 Å². The Morgan fingerprint density at radius 3 is 2.24 bits per heavy atom. The van der Waals surface area contributed by atoms with Crippen molar-refractivity contribution in [2.24, 2.45) is 0 Å². The summed E-state index contributed by atoms with van der Waals surface area (Å²) in [6.07, 6.45) is 0. The molecule has 2 aromatic carbocycles. The highest BCUT2D eigenvalue weighted by molar-refractivity contribution is 7.89. The van der Waals surface area contributed by atoms with Crippen molar-refractivity contribution in [1.29, 1.82) is 5.26 Å². The molecule has 29 heavy (non-hydrogen) atoms. The van der Waals surface area contributed by atoms with E-state index >= 15 is 0 Å². The topological polar surface area (TPSA) is 113 Å². The number of carbonyl (C=O) groups is 2. The molecule has 0 spiro atoms. The Bertz CT molecular complexity index is 1100. The molecule has 0 bridgehead atoms. The summed E-state index contributed by atoms with van der Waals surface area (Å²) in [5, 5.41) is 8.75. The molecule has 152 valence electrons. The van der Waals surface area contributed by atoms with Crippen molar-refractivity contribution in [3.05, 3.63) is 63.7 Å². The van der Waals surface area contributed by atoms with Crippen LogP contribution in [0.4, 0.5) is 0 Å². The van der Waals surface area contributed by atoms with E-state index in [0.717, 1.165) is 22.3 Å². The Balaban J connectivity index is 1.96. The first-order chi connectivity index (χ1) is 13.6. The molecular formula is C21H22N2O5S. The fourth-order valence-corrected chi connectivity index (χ4v) is 3.69. The minimum Gasteiger partial charge on any atom is -0.456 e. The number of nitrogens with zero attached hydrogens (tertiary/aromatic N) is 1. The second kappa shape index (κ2) is 8.99. The van der Waals surface area contributed by atoms with Gasteiger partial charge in [0.1, 0.15) is 6.54 Å². The lowest BCUT2D eigenvalue weighted by molar-refractivity contribution is -0.141. The maximum atomic E-state index is 12.4. The smallest absolute Gasteiger partial charge is 0.321 e. The molecule has 0 aromatic heterocycles. The lowest BCUT2D eigenvalue weighted by atomic mass is 9.93. The highest BCUT2D eigenvalue weighted by Crippen LogP contribution is 2.21. The summed E-state index contributed by atoms with van der Waals surface area (Å²) < 4.78 is 31.4. The summed E-state index contributed by atoms with van der Waals surface area (Å²) in [4.78, 5) is 24.2. The molecule has 0 saturated carbocycles. The highest BCUT2D eigenvalue weighted by atomic mass is 32.2. The van der Waals surface area contributed by atoms with Crippen LogP contribution in [0, 0.1) is 39.0 Å². The number of esters is 1. The molecule has 0 aliphatic rings. The van der Waals surface area contributed by atoms with E-state index in [-0.39, 0.29) is 10.7 Å². The number of carbonyl (C=O) groups excluding carboxylic acids is 2. The van der Waals surface area contributed by atoms with Gasteiger partial charge >= 0.3 is 5.97 Å². The average molecular weight is 414 g/mol. The number of rotatable bonds is 7. The second-order valence-electron chi connectivity index (χ2n) is 6.66. The quantitative estimate of drug-likeness (QED) is 0.550. The molecule has 0 radical (unpaired) electrons. The number of hydrogen-bond acceptors (Lipinski definition) is 6. The standard InChI is InChI=1S/C21H22N2O5S/c1-13-9-19(16(4)15(3)14(13)2)20(24)12-28-21(25)11-23-29(26,27)18-7-5-17(10-22)6-8-18/h5-9,23H,11-12H2,1-4H3. The molecule has 0 aliphatic carbocycles. The monoisotopic (exact) mass is 414 g/mol. The van der Waals surface area contributed by atoms with E-state index in [9.17, 15) is 18.0 Å². The van der Waals surface area contributed by atoms with Gasteiger partial charge in [-0.1, -0.05) is 0 Å². The molecule has 2 aromatic rings. The van der Waals surface area contributed by atoms with Gasteiger partial charge in [-0.15, -0.1) is 0 Å². The SMILES string of the molecule is Cc1cc(C(=O)COC(=O)CNS(=O)(=O)c2ccc(C#N)cc2)c(C)c(C)c1C. The van der Waals surface area contributed by atoms with Gasteiger partial charge in [-0.25, -0.2) is 8.42 Å². The van der Waals surface area contributed by atoms with E-state index in [1.54, 1.807) is 6.07 Å². The van der Waals surface area contributed by atoms with Crippen LogP contribution < -0.4 is 4.72 Å². The molecule has 0 aliphatic heterocycles. The average Bonchev–Trinajstić information content (AvgIpc) is 2.71. The van der Waals surface area contributed by atoms with E-state index < -0.39 is 29.1 Å². The van der Waals surface area contributed by atoms with E-state index in [1.165, 1.54) is 24.3 Å². The van der Waals surface area contributed by atoms with Gasteiger partial charge < -0.3 is 4.74 Å². The maximum absolute atomic E-state index is 12.4. The largest absolute Gasteiger partial charge is 0.456 e. The van der Waals surface area contributed by atoms with Crippen molar-refractivity contribution in [3.8, 4) is 6.07 Å². The zero-order valence-corrected chi connectivity index (χ0v) is 17.5. The summed E-state index contributed by atoms with van der Waals surface area (Å²) in [5.74, 6) is -1.22. The van der Waals surface area contributed by atoms with Crippen molar-refractivity contribution in [1.82, 2.24) is 4.72 Å². The molecule has 0 atom stereocenters. The van der Waals surface area contributed by atoms with Crippen molar-refractivity contribution in [2.45, 2.75) is 32.6 Å². The maximum Gasteiger partial charge on any atom is 0.321 e. The van der Waals surface area contributed by atoms with Crippen LogP contribution in [0.3, 0.4) is 0 Å². The second-order valence-corrected chi connectivity index (χ2v) is 8.43. The van der Waals surface area contributed by atoms with Gasteiger partial charge in [-0.2, -0.15) is 9.98 Å². The molecule has 0 saturated heterocycles. The third kappa shape index (κ3) is 5.28. The number of aryl methyl sites for hydroxylation is 1. The van der Waals surface area contributed by atoms with Crippen LogP contribution in [0.25, 0.3) is 0 Å². The summed E-state index contributed by atoms with van der Waals surface area (Å²) >= 11 is 0. The summed E-state index contributed by atoms with van der Waals surface area (Å²) in [7, 11) is -3.94. The number of ketones is 1. The molecular weight excluding hydrogens is 392 g/mol. The Morgan fingerprint density at radius 2 is 1.66 bits per heavy atom. The van der Waals surface area contributed by atoms with Gasteiger partial charge in [0.25, 0.3) is 0 Å². The normalized spacial score (nSPS) is 11.0. The predicted octanol–water partition coefficient (Wildman–Crippen LogP) is 2.50. The van der Waals surface area contributed by atoms with Crippen LogP contribution in [0.15, 0.2) is 35.2 Å². The summed E-state index contributed by atoms with van der Waals surface area (Å²) in [6.45, 7) is 6.57. The van der Waals surface area contributed by atoms with Crippen LogP contribution in [0.2, 0.25) is 0 Å². The molecule has 7 nitrogen and oxygen atoms in total. The number of benzene rings is 2. The number of sulfonamides is 1. The number of hydrogen-bond donors (Lipinski definition) is 1. The van der Waals surface area contributed by atoms with Gasteiger partial charge in [0.2, 0.25) is 15.8 Å². The zero-order chi connectivity index (χ0) is 21.8. The van der Waals surface area contributed by atoms with Crippen LogP contribution in [-0.4, -0.2) is 33.3 Å². The molecule has 2 rings (SSSR count). The number of ether oxygens (including phenoxy) is 1. The molecule has 8 heteroatoms. The van der Waals surface area contributed by atoms with Gasteiger partial charge in [0, 0.05) is 5.56 Å². The molecule has 0 fully saturated rings. The van der Waals surface area contributed by atoms with E-state index in [0.29, 0.717) is 11.1 Å². The molecule has 0 unspecified atom stereocenters. The molecule has 0 amide bonds. The van der Waals surface area contributed by atoms with E-state index in [1.807, 2.05) is 33.8 Å². The molecule has 1 N–H and O–H groups in total. The van der Waals surface area contributed by atoms with Gasteiger partial charge in [0.15, 0.2) is 6.61 Å². The fourth-order valence-electron chi connectivity index (χ4n) is 2.72. The predicted molar refractivity (Wildman–Crippen MR) is 107 cm³/mol. The lowest BCUT2D eigenvalue weighted by Crippen LogP contribution is -2.31. The Morgan fingerprint density at radius 1 is 1.03 bits per heavy atom. The van der Waals surface area contributed by atoms with Crippen molar-refractivity contribution < 1.29 is 22.7 Å². The van der Waals surface area contributed by atoms with E-state index in [2.05, 4.69) is 4.72 Å². The van der Waals surface area contributed by atoms with Crippen LogP contribution in [-0.2, 0) is 19.6 Å². The first-order valence-electron chi connectivity index (χ1n) is 8.83. The zero-order valence-electron chi connectivity index (χ0n) is 16.7. The highest BCUT2D eigenvalue weighted by Gasteiger charge is 2.18. The van der Waals surface area contributed by atoms with Gasteiger partial charge in [0.05, 0.1) is 16.5 Å². The lowest BCUT2D eigenvalue weighted by Gasteiger charge is -2.13. The van der Waals surface area contributed by atoms with Crippen molar-refractivity contribution >= 4 is 21.8 Å².